The van der Waals surface area contributed by atoms with Crippen LogP contribution in [0.2, 0.25) is 0 Å². The van der Waals surface area contributed by atoms with Gasteiger partial charge in [-0.1, -0.05) is 29.8 Å². The maximum absolute atomic E-state index is 12.2. The number of ether oxygens (including phenoxy) is 1. The third kappa shape index (κ3) is 2.63. The molecule has 1 atom stereocenters. The number of amides is 1. The normalized spacial score (nSPS) is 21.3. The number of rotatable bonds is 3. The fourth-order valence-electron chi connectivity index (χ4n) is 2.53. The van der Waals surface area contributed by atoms with Gasteiger partial charge in [-0.15, -0.1) is 0 Å². The molecule has 1 aromatic rings. The van der Waals surface area contributed by atoms with Gasteiger partial charge in [-0.3, -0.25) is 4.79 Å². The fraction of sp³-hybridized carbons (Fsp3) is 0.400. The zero-order chi connectivity index (χ0) is 13.1. The van der Waals surface area contributed by atoms with Crippen molar-refractivity contribution < 1.29 is 9.53 Å². The maximum atomic E-state index is 12.2. The molecule has 100 valence electrons. The number of carbonyl (C=O) groups is 1. The maximum Gasteiger partial charge on any atom is 0.231 e. The van der Waals surface area contributed by atoms with Gasteiger partial charge in [0.05, 0.1) is 0 Å². The van der Waals surface area contributed by atoms with Crippen molar-refractivity contribution in [2.45, 2.75) is 12.3 Å². The largest absolute Gasteiger partial charge is 0.492 e. The summed E-state index contributed by atoms with van der Waals surface area (Å²) in [5.41, 5.74) is 2.30. The Kier molecular flexibility index (Phi) is 3.51. The molecule has 1 aromatic carbocycles. The summed E-state index contributed by atoms with van der Waals surface area (Å²) in [6, 6.07) is 7.76. The van der Waals surface area contributed by atoms with E-state index in [0.29, 0.717) is 13.2 Å². The predicted molar refractivity (Wildman–Crippen MR) is 73.3 cm³/mol. The summed E-state index contributed by atoms with van der Waals surface area (Å²) in [5.74, 6) is 0.728. The van der Waals surface area contributed by atoms with Crippen molar-refractivity contribution in [3.8, 4) is 5.75 Å². The molecule has 0 aromatic heterocycles. The van der Waals surface area contributed by atoms with Crippen molar-refractivity contribution >= 4 is 5.91 Å². The molecule has 2 heterocycles. The molecule has 2 aliphatic heterocycles. The first-order valence-corrected chi connectivity index (χ1v) is 6.72. The highest BCUT2D eigenvalue weighted by atomic mass is 16.5. The Morgan fingerprint density at radius 1 is 1.42 bits per heavy atom. The van der Waals surface area contributed by atoms with E-state index in [9.17, 15) is 4.79 Å². The van der Waals surface area contributed by atoms with Gasteiger partial charge < -0.3 is 15.4 Å². The molecule has 0 radical (unpaired) electrons. The Morgan fingerprint density at radius 2 is 2.32 bits per heavy atom. The second kappa shape index (κ2) is 5.45. The van der Waals surface area contributed by atoms with Gasteiger partial charge in [-0.25, -0.2) is 0 Å². The van der Waals surface area contributed by atoms with Gasteiger partial charge in [-0.2, -0.15) is 0 Å². The van der Waals surface area contributed by atoms with Crippen molar-refractivity contribution in [2.24, 2.45) is 0 Å². The quantitative estimate of drug-likeness (QED) is 0.801. The van der Waals surface area contributed by atoms with E-state index < -0.39 is 0 Å². The first-order valence-electron chi connectivity index (χ1n) is 6.72. The van der Waals surface area contributed by atoms with Crippen molar-refractivity contribution in [3.05, 3.63) is 41.5 Å². The molecule has 0 aliphatic carbocycles. The molecule has 0 saturated heterocycles. The van der Waals surface area contributed by atoms with Crippen LogP contribution in [0.5, 0.6) is 5.75 Å². The van der Waals surface area contributed by atoms with E-state index in [1.807, 2.05) is 24.3 Å². The number of nitrogens with one attached hydrogen (secondary N) is 2. The molecule has 2 aliphatic rings. The molecule has 1 amide bonds. The molecular weight excluding hydrogens is 240 g/mol. The van der Waals surface area contributed by atoms with Crippen LogP contribution in [0, 0.1) is 0 Å². The van der Waals surface area contributed by atoms with Crippen LogP contribution in [0.1, 0.15) is 17.9 Å². The lowest BCUT2D eigenvalue weighted by Crippen LogP contribution is -2.33. The Bertz CT molecular complexity index is 511. The van der Waals surface area contributed by atoms with Crippen molar-refractivity contribution in [1.29, 1.82) is 0 Å². The minimum atomic E-state index is -0.168. The summed E-state index contributed by atoms with van der Waals surface area (Å²) in [7, 11) is 0. The lowest BCUT2D eigenvalue weighted by Gasteiger charge is -2.16. The molecule has 3 rings (SSSR count). The minimum Gasteiger partial charge on any atom is -0.492 e. The Balaban J connectivity index is 1.61. The average molecular weight is 258 g/mol. The van der Waals surface area contributed by atoms with Crippen molar-refractivity contribution in [2.75, 3.05) is 26.2 Å². The van der Waals surface area contributed by atoms with Gasteiger partial charge in [0.2, 0.25) is 5.91 Å². The minimum absolute atomic E-state index is 0.0596. The molecule has 1 unspecified atom stereocenters. The second-order valence-electron chi connectivity index (χ2n) is 4.94. The van der Waals surface area contributed by atoms with E-state index in [2.05, 4.69) is 16.7 Å². The molecule has 2 N–H and O–H groups in total. The number of hydrogen-bond donors (Lipinski definition) is 2. The third-order valence-electron chi connectivity index (χ3n) is 3.66. The van der Waals surface area contributed by atoms with E-state index in [0.717, 1.165) is 30.8 Å². The molecule has 0 spiro atoms. The second-order valence-corrected chi connectivity index (χ2v) is 4.94. The molecule has 4 heteroatoms. The number of hydrogen-bond acceptors (Lipinski definition) is 3. The van der Waals surface area contributed by atoms with Crippen LogP contribution in [-0.2, 0) is 4.79 Å². The smallest absolute Gasteiger partial charge is 0.231 e. The summed E-state index contributed by atoms with van der Waals surface area (Å²) >= 11 is 0. The van der Waals surface area contributed by atoms with Gasteiger partial charge in [-0.05, 0) is 19.0 Å². The molecule has 4 nitrogen and oxygen atoms in total. The van der Waals surface area contributed by atoms with Gasteiger partial charge in [0.25, 0.3) is 0 Å². The Hall–Kier alpha value is -1.81. The zero-order valence-electron chi connectivity index (χ0n) is 10.8. The van der Waals surface area contributed by atoms with Crippen LogP contribution in [0.3, 0.4) is 0 Å². The van der Waals surface area contributed by atoms with Gasteiger partial charge in [0, 0.05) is 18.7 Å². The van der Waals surface area contributed by atoms with Gasteiger partial charge in [0.15, 0.2) is 0 Å². The van der Waals surface area contributed by atoms with Crippen LogP contribution >= 0.6 is 0 Å². The van der Waals surface area contributed by atoms with Crippen LogP contribution in [0.25, 0.3) is 0 Å². The van der Waals surface area contributed by atoms with E-state index in [1.165, 1.54) is 5.57 Å². The zero-order valence-corrected chi connectivity index (χ0v) is 10.8. The van der Waals surface area contributed by atoms with Crippen LogP contribution in [-0.4, -0.2) is 32.1 Å². The van der Waals surface area contributed by atoms with Gasteiger partial charge >= 0.3 is 0 Å². The molecule has 0 saturated carbocycles. The fourth-order valence-corrected chi connectivity index (χ4v) is 2.53. The molecular formula is C15H18N2O2. The summed E-state index contributed by atoms with van der Waals surface area (Å²) in [5, 5.41) is 6.28. The van der Waals surface area contributed by atoms with Crippen LogP contribution in [0.4, 0.5) is 0 Å². The van der Waals surface area contributed by atoms with Crippen LogP contribution < -0.4 is 15.4 Å². The van der Waals surface area contributed by atoms with Gasteiger partial charge in [0.1, 0.15) is 18.3 Å². The van der Waals surface area contributed by atoms with E-state index in [-0.39, 0.29) is 11.8 Å². The summed E-state index contributed by atoms with van der Waals surface area (Å²) < 4.78 is 5.54. The standard InChI is InChI=1S/C15H18N2O2/c18-15(17-9-11-5-7-16-8-6-11)13-10-19-14-4-2-1-3-12(13)14/h1-5,13,16H,6-10H2,(H,17,18). The number of carbonyl (C=O) groups excluding carboxylic acids is 1. The lowest BCUT2D eigenvalue weighted by atomic mass is 10.0. The molecule has 0 bridgehead atoms. The molecule has 19 heavy (non-hydrogen) atoms. The van der Waals surface area contributed by atoms with Crippen LogP contribution in [0.15, 0.2) is 35.9 Å². The first-order chi connectivity index (χ1) is 9.34. The predicted octanol–water partition coefficient (Wildman–Crippen LogP) is 1.20. The Labute approximate surface area is 112 Å². The van der Waals surface area contributed by atoms with E-state index >= 15 is 0 Å². The topological polar surface area (TPSA) is 50.4 Å². The first kappa shape index (κ1) is 12.2. The highest BCUT2D eigenvalue weighted by Crippen LogP contribution is 2.33. The average Bonchev–Trinajstić information content (AvgIpc) is 2.90. The summed E-state index contributed by atoms with van der Waals surface area (Å²) in [4.78, 5) is 12.2. The highest BCUT2D eigenvalue weighted by Gasteiger charge is 2.29. The van der Waals surface area contributed by atoms with E-state index in [4.69, 9.17) is 4.74 Å². The number of benzene rings is 1. The molecule has 0 fully saturated rings. The highest BCUT2D eigenvalue weighted by molar-refractivity contribution is 5.85. The summed E-state index contributed by atoms with van der Waals surface area (Å²) in [6.07, 6.45) is 3.17. The third-order valence-corrected chi connectivity index (χ3v) is 3.66. The van der Waals surface area contributed by atoms with Crippen molar-refractivity contribution in [3.63, 3.8) is 0 Å². The Morgan fingerprint density at radius 3 is 3.16 bits per heavy atom. The summed E-state index contributed by atoms with van der Waals surface area (Å²) in [6.45, 7) is 3.00. The van der Waals surface area contributed by atoms with E-state index in [1.54, 1.807) is 0 Å². The van der Waals surface area contributed by atoms with Crippen molar-refractivity contribution in [1.82, 2.24) is 10.6 Å². The lowest BCUT2D eigenvalue weighted by molar-refractivity contribution is -0.122. The number of fused-ring (bicyclic) bond motifs is 1. The number of para-hydroxylation sites is 1. The SMILES string of the molecule is O=C(NCC1=CCNCC1)C1COc2ccccc21. The monoisotopic (exact) mass is 258 g/mol.